The molecule has 0 spiro atoms. The van der Waals surface area contributed by atoms with Gasteiger partial charge in [-0.15, -0.1) is 0 Å². The number of Topliss-reactive ketones (excluding diaryl/α,β-unsaturated/α-hetero) is 1. The fourth-order valence-corrected chi connectivity index (χ4v) is 8.67. The minimum absolute atomic E-state index is 0.0715. The molecule has 75 heavy (non-hydrogen) atoms. The second-order valence-corrected chi connectivity index (χ2v) is 18.0. The second-order valence-electron chi connectivity index (χ2n) is 18.0. The molecule has 0 bridgehead atoms. The molecule has 0 amide bonds. The van der Waals surface area contributed by atoms with Gasteiger partial charge >= 0.3 is 5.97 Å². The highest BCUT2D eigenvalue weighted by Crippen LogP contribution is 2.25. The number of aliphatic imine (C=N–C) groups is 4. The van der Waals surface area contributed by atoms with E-state index in [0.717, 1.165) is 74.0 Å². The van der Waals surface area contributed by atoms with Crippen LogP contribution in [0.5, 0.6) is 0 Å². The highest BCUT2D eigenvalue weighted by Gasteiger charge is 2.19. The summed E-state index contributed by atoms with van der Waals surface area (Å²) >= 11 is 0. The van der Waals surface area contributed by atoms with Crippen LogP contribution in [0, 0.1) is 64.6 Å². The molecule has 1 saturated carbocycles. The van der Waals surface area contributed by atoms with Crippen LogP contribution in [0.3, 0.4) is 0 Å². The number of carboxylic acid groups (broad SMARTS) is 1. The molecule has 6 heterocycles. The number of ketones is 1. The number of rotatable bonds is 2. The highest BCUT2D eigenvalue weighted by atomic mass is 16.4. The molecule has 2 aromatic heterocycles. The molecule has 0 unspecified atom stereocenters. The number of carbonyl (C=O) groups is 2. The van der Waals surface area contributed by atoms with Crippen LogP contribution in [0.25, 0.3) is 0 Å². The van der Waals surface area contributed by atoms with Gasteiger partial charge in [0.1, 0.15) is 34.2 Å². The molecule has 1 aliphatic carbocycles. The maximum Gasteiger partial charge on any atom is 0.335 e. The van der Waals surface area contributed by atoms with Crippen LogP contribution in [-0.2, 0) is 40.3 Å². The molecule has 0 atom stereocenters. The number of hydrogen-bond acceptors (Lipinski definition) is 9. The second kappa shape index (κ2) is 23.5. The predicted molar refractivity (Wildman–Crippen MR) is 292 cm³/mol. The number of carbonyl (C=O) groups excluding carboxylic acids is 1. The van der Waals surface area contributed by atoms with Crippen LogP contribution in [0.2, 0.25) is 0 Å². The molecule has 4 aliphatic heterocycles. The molecule has 5 aliphatic rings. The Morgan fingerprint density at radius 1 is 0.533 bits per heavy atom. The van der Waals surface area contributed by atoms with Gasteiger partial charge in [-0.25, -0.2) is 14.8 Å². The molecule has 0 saturated heterocycles. The Labute approximate surface area is 436 Å². The fraction of sp³-hybridized carbons (Fsp3) is 0.190. The maximum absolute atomic E-state index is 11.4. The topological polar surface area (TPSA) is 163 Å². The monoisotopic (exact) mass is 979 g/mol. The van der Waals surface area contributed by atoms with Gasteiger partial charge in [-0.1, -0.05) is 91.4 Å². The number of nitriles is 1. The van der Waals surface area contributed by atoms with Crippen LogP contribution in [-0.4, -0.2) is 58.8 Å². The van der Waals surface area contributed by atoms with E-state index in [0.29, 0.717) is 36.8 Å². The zero-order valence-electron chi connectivity index (χ0n) is 41.7. The van der Waals surface area contributed by atoms with Gasteiger partial charge in [0.2, 0.25) is 0 Å². The van der Waals surface area contributed by atoms with Gasteiger partial charge in [-0.3, -0.25) is 24.8 Å². The Hall–Kier alpha value is -9.93. The van der Waals surface area contributed by atoms with Crippen molar-refractivity contribution < 1.29 is 14.7 Å². The fourth-order valence-electron chi connectivity index (χ4n) is 8.67. The third kappa shape index (κ3) is 12.4. The number of hydrogen-bond donors (Lipinski definition) is 1. The van der Waals surface area contributed by atoms with Gasteiger partial charge in [0, 0.05) is 53.4 Å². The molecule has 5 aromatic carbocycles. The minimum atomic E-state index is -0.929. The summed E-state index contributed by atoms with van der Waals surface area (Å²) in [5.74, 6) is 24.8. The number of aromatic nitrogens is 4. The average molecular weight is 980 g/mol. The summed E-state index contributed by atoms with van der Waals surface area (Å²) in [5.41, 5.74) is 16.3. The van der Waals surface area contributed by atoms with Crippen LogP contribution < -0.4 is 0 Å². The Morgan fingerprint density at radius 2 is 0.973 bits per heavy atom. The highest BCUT2D eigenvalue weighted by molar-refractivity contribution is 6.17. The first-order chi connectivity index (χ1) is 36.6. The number of carboxylic acids is 1. The van der Waals surface area contributed by atoms with Gasteiger partial charge in [-0.05, 0) is 120 Å². The maximum atomic E-state index is 11.4. The molecule has 12 heteroatoms. The third-order valence-electron chi connectivity index (χ3n) is 12.9. The van der Waals surface area contributed by atoms with Gasteiger partial charge in [-0.2, -0.15) is 5.26 Å². The smallest absolute Gasteiger partial charge is 0.335 e. The van der Waals surface area contributed by atoms with Crippen LogP contribution >= 0.6 is 0 Å². The number of aromatic carboxylic acids is 1. The molecule has 0 radical (unpaired) electrons. The lowest BCUT2D eigenvalue weighted by Gasteiger charge is -2.01. The van der Waals surface area contributed by atoms with E-state index in [-0.39, 0.29) is 11.3 Å². The van der Waals surface area contributed by atoms with Gasteiger partial charge < -0.3 is 14.2 Å². The number of fused-ring (bicyclic) bond motifs is 4. The molecule has 12 rings (SSSR count). The van der Waals surface area contributed by atoms with Gasteiger partial charge in [0.25, 0.3) is 0 Å². The Morgan fingerprint density at radius 3 is 1.45 bits per heavy atom. The van der Waals surface area contributed by atoms with E-state index in [1.54, 1.807) is 62.3 Å². The Balaban J connectivity index is 0.000000123. The summed E-state index contributed by atoms with van der Waals surface area (Å²) in [5, 5.41) is 17.7. The summed E-state index contributed by atoms with van der Waals surface area (Å²) in [6.45, 7) is 4.16. The van der Waals surface area contributed by atoms with Crippen molar-refractivity contribution in [3.63, 3.8) is 0 Å². The number of nitrogens with zero attached hydrogens (tertiary/aromatic N) is 9. The lowest BCUT2D eigenvalue weighted by molar-refractivity contribution is 0.0696. The van der Waals surface area contributed by atoms with Crippen molar-refractivity contribution in [1.82, 2.24) is 19.1 Å². The summed E-state index contributed by atoms with van der Waals surface area (Å²) < 4.78 is 3.69. The normalized spacial score (nSPS) is 13.6. The molecular weight excluding hydrogens is 931 g/mol. The van der Waals surface area contributed by atoms with E-state index in [9.17, 15) is 9.59 Å². The summed E-state index contributed by atoms with van der Waals surface area (Å²) in [4.78, 5) is 48.1. The van der Waals surface area contributed by atoms with Crippen molar-refractivity contribution >= 4 is 34.6 Å². The van der Waals surface area contributed by atoms with E-state index in [4.69, 9.17) is 10.4 Å². The quantitative estimate of drug-likeness (QED) is 0.134. The van der Waals surface area contributed by atoms with E-state index >= 15 is 0 Å². The first-order valence-electron chi connectivity index (χ1n) is 24.5. The lowest BCUT2D eigenvalue weighted by atomic mass is 10.0. The molecule has 1 fully saturated rings. The van der Waals surface area contributed by atoms with Crippen molar-refractivity contribution in [2.45, 2.75) is 58.8 Å². The number of aryl methyl sites for hydroxylation is 2. The largest absolute Gasteiger partial charge is 0.478 e. The number of benzene rings is 5. The van der Waals surface area contributed by atoms with E-state index in [1.165, 1.54) is 42.4 Å². The Kier molecular flexibility index (Phi) is 15.7. The first kappa shape index (κ1) is 50.0. The molecule has 1 N–H and O–H groups in total. The molecule has 7 aromatic rings. The first-order valence-corrected chi connectivity index (χ1v) is 24.5. The van der Waals surface area contributed by atoms with Gasteiger partial charge in [0.05, 0.1) is 68.4 Å². The standard InChI is InChI=1S/C17H10N2.C16H13N3O.C15H11N3O2.C15H15N/c18-11-14-7-5-13(6-8-14)9-10-17-16-4-2-1-3-15(16)12-19-17;1-11(20)12-3-5-15-13(7-12)8-18-16(15)6-4-14-9-17-10-19(14)2;1-18-9-16-8-12(18)3-5-14-13-4-2-10(15(19)20)6-11(13)7-17-14;1-2-6-12(5-1)9-10-15-14-8-4-3-7-13(14)11-16-15/h1-8H,12H2;3,5,7,9-10H,8H2,1-2H3;2,4,6,8-9H,7H2,1H3,(H,19,20);3-4,7-8,12H,1-2,5-6,11H2. The van der Waals surface area contributed by atoms with E-state index in [1.807, 2.05) is 65.7 Å². The zero-order valence-corrected chi connectivity index (χ0v) is 41.7. The SMILES string of the molecule is C(#CC1CCCC1)C1=NCc2ccccc21.CC(=O)c1ccc2c(c1)CN=C2C#Cc1cncn1C.Cn1cncc1C#CC1=NCc2cc(C(=O)O)ccc21.N#Cc1ccc(C#CC2=NCc3ccccc32)cc1. The summed E-state index contributed by atoms with van der Waals surface area (Å²) in [6.07, 6.45) is 12.1. The predicted octanol–water partition coefficient (Wildman–Crippen LogP) is 9.55. The van der Waals surface area contributed by atoms with Crippen molar-refractivity contribution in [3.8, 4) is 53.4 Å². The van der Waals surface area contributed by atoms with E-state index < -0.39 is 5.97 Å². The zero-order chi connectivity index (χ0) is 52.1. The lowest BCUT2D eigenvalue weighted by Crippen LogP contribution is -2.00. The molecule has 364 valence electrons. The van der Waals surface area contributed by atoms with Crippen LogP contribution in [0.1, 0.15) is 120 Å². The molecule has 12 nitrogen and oxygen atoms in total. The summed E-state index contributed by atoms with van der Waals surface area (Å²) in [7, 11) is 3.78. The van der Waals surface area contributed by atoms with Crippen molar-refractivity contribution in [1.29, 1.82) is 5.26 Å². The van der Waals surface area contributed by atoms with Crippen LogP contribution in [0.15, 0.2) is 154 Å². The van der Waals surface area contributed by atoms with E-state index in [2.05, 4.69) is 120 Å². The number of imidazole rings is 2. The third-order valence-corrected chi connectivity index (χ3v) is 12.9. The van der Waals surface area contributed by atoms with Crippen molar-refractivity contribution in [3.05, 3.63) is 212 Å². The van der Waals surface area contributed by atoms with Crippen molar-refractivity contribution in [2.75, 3.05) is 0 Å². The molecular formula is C63H49N9O3. The average Bonchev–Trinajstić information content (AvgIpc) is 4.33. The van der Waals surface area contributed by atoms with Crippen molar-refractivity contribution in [2.24, 2.45) is 40.0 Å². The van der Waals surface area contributed by atoms with Crippen LogP contribution in [0.4, 0.5) is 0 Å². The summed E-state index contributed by atoms with van der Waals surface area (Å²) in [6, 6.07) is 36.6. The minimum Gasteiger partial charge on any atom is -0.478 e. The van der Waals surface area contributed by atoms with Gasteiger partial charge in [0.15, 0.2) is 5.78 Å². The Bertz CT molecular complexity index is 3670.